The Labute approximate surface area is 126 Å². The molecule has 112 valence electrons. The number of benzene rings is 2. The van der Waals surface area contributed by atoms with E-state index in [2.05, 4.69) is 4.99 Å². The van der Waals surface area contributed by atoms with E-state index < -0.39 is 17.3 Å². The average Bonchev–Trinajstić information content (AvgIpc) is 2.68. The molecule has 1 atom stereocenters. The van der Waals surface area contributed by atoms with Gasteiger partial charge >= 0.3 is 0 Å². The second kappa shape index (κ2) is 4.64. The molecule has 0 saturated carbocycles. The fourth-order valence-electron chi connectivity index (χ4n) is 2.83. The highest BCUT2D eigenvalue weighted by Crippen LogP contribution is 2.48. The van der Waals surface area contributed by atoms with Crippen LogP contribution >= 0.6 is 0 Å². The third-order valence-corrected chi connectivity index (χ3v) is 3.83. The van der Waals surface area contributed by atoms with Gasteiger partial charge in [-0.2, -0.15) is 4.99 Å². The van der Waals surface area contributed by atoms with Crippen LogP contribution < -0.4 is 11.5 Å². The topological polar surface area (TPSA) is 102 Å². The summed E-state index contributed by atoms with van der Waals surface area (Å²) in [5.74, 6) is -1.37. The molecule has 0 radical (unpaired) electrons. The Kier molecular flexibility index (Phi) is 3.00. The monoisotopic (exact) mass is 299 g/mol. The number of aliphatic imine (C=N–C) groups is 1. The van der Waals surface area contributed by atoms with Gasteiger partial charge < -0.3 is 16.6 Å². The van der Waals surface area contributed by atoms with Crippen molar-refractivity contribution in [1.29, 1.82) is 0 Å². The minimum atomic E-state index is -1.39. The summed E-state index contributed by atoms with van der Waals surface area (Å²) in [5.41, 5.74) is 11.0. The maximum atomic E-state index is 14.1. The Morgan fingerprint density at radius 2 is 1.95 bits per heavy atom. The number of halogens is 1. The van der Waals surface area contributed by atoms with E-state index in [1.54, 1.807) is 25.1 Å². The van der Waals surface area contributed by atoms with Crippen LogP contribution in [0.4, 0.5) is 4.39 Å². The smallest absolute Gasteiger partial charge is 0.280 e. The van der Waals surface area contributed by atoms with Crippen molar-refractivity contribution in [3.05, 3.63) is 58.9 Å². The number of amides is 1. The van der Waals surface area contributed by atoms with Crippen LogP contribution in [0.3, 0.4) is 0 Å². The molecule has 1 aliphatic rings. The molecule has 0 saturated heterocycles. The Bertz CT molecular complexity index is 824. The lowest BCUT2D eigenvalue weighted by Gasteiger charge is -2.20. The molecule has 1 amide bonds. The Morgan fingerprint density at radius 3 is 2.64 bits per heavy atom. The lowest BCUT2D eigenvalue weighted by molar-refractivity contribution is 0.0999. The second-order valence-corrected chi connectivity index (χ2v) is 5.34. The SMILES string of the molecule is C[C@@]1(O)c2cc(C(=O)N=C(N)N)ccc2-c2c(F)cccc21. The lowest BCUT2D eigenvalue weighted by Crippen LogP contribution is -2.24. The predicted octanol–water partition coefficient (Wildman–Crippen LogP) is 1.48. The molecule has 0 fully saturated rings. The van der Waals surface area contributed by atoms with E-state index in [1.807, 2.05) is 0 Å². The van der Waals surface area contributed by atoms with E-state index in [9.17, 15) is 14.3 Å². The van der Waals surface area contributed by atoms with Crippen LogP contribution in [0.2, 0.25) is 0 Å². The zero-order valence-corrected chi connectivity index (χ0v) is 11.8. The number of guanidine groups is 1. The first kappa shape index (κ1) is 14.2. The van der Waals surface area contributed by atoms with Crippen LogP contribution in [-0.4, -0.2) is 17.0 Å². The molecule has 0 spiro atoms. The summed E-state index contributed by atoms with van der Waals surface area (Å²) in [4.78, 5) is 15.4. The fourth-order valence-corrected chi connectivity index (χ4v) is 2.83. The van der Waals surface area contributed by atoms with Gasteiger partial charge in [-0.3, -0.25) is 4.79 Å². The molecule has 5 nitrogen and oxygen atoms in total. The van der Waals surface area contributed by atoms with E-state index in [0.717, 1.165) is 0 Å². The van der Waals surface area contributed by atoms with Gasteiger partial charge in [-0.15, -0.1) is 0 Å². The van der Waals surface area contributed by atoms with Crippen LogP contribution in [0, 0.1) is 5.82 Å². The van der Waals surface area contributed by atoms with Crippen molar-refractivity contribution in [3.8, 4) is 11.1 Å². The number of fused-ring (bicyclic) bond motifs is 3. The molecule has 2 aromatic carbocycles. The largest absolute Gasteiger partial charge is 0.381 e. The predicted molar refractivity (Wildman–Crippen MR) is 80.6 cm³/mol. The van der Waals surface area contributed by atoms with Crippen LogP contribution in [0.5, 0.6) is 0 Å². The van der Waals surface area contributed by atoms with E-state index >= 15 is 0 Å². The quantitative estimate of drug-likeness (QED) is 0.548. The molecule has 2 aromatic rings. The van der Waals surface area contributed by atoms with Gasteiger partial charge in [-0.05, 0) is 41.8 Å². The summed E-state index contributed by atoms with van der Waals surface area (Å²) in [6, 6.07) is 9.13. The van der Waals surface area contributed by atoms with Gasteiger partial charge in [0.2, 0.25) is 0 Å². The number of hydrogen-bond donors (Lipinski definition) is 3. The summed E-state index contributed by atoms with van der Waals surface area (Å²) in [6.45, 7) is 1.56. The standard InChI is InChI=1S/C16H14FN3O2/c1-16(22)10-3-2-4-12(17)13(10)9-6-5-8(7-11(9)16)14(21)20-15(18)19/h2-7,22H,1H3,(H4,18,19,20,21)/t16-/m0/s1. The van der Waals surface area contributed by atoms with Gasteiger partial charge in [0.15, 0.2) is 5.96 Å². The third-order valence-electron chi connectivity index (χ3n) is 3.83. The van der Waals surface area contributed by atoms with Crippen LogP contribution in [0.15, 0.2) is 41.4 Å². The van der Waals surface area contributed by atoms with Gasteiger partial charge in [0.05, 0.1) is 0 Å². The van der Waals surface area contributed by atoms with Crippen LogP contribution in [-0.2, 0) is 5.60 Å². The van der Waals surface area contributed by atoms with Crippen molar-refractivity contribution in [2.75, 3.05) is 0 Å². The molecule has 1 aliphatic carbocycles. The first-order valence-electron chi connectivity index (χ1n) is 6.62. The van der Waals surface area contributed by atoms with Gasteiger partial charge in [-0.25, -0.2) is 4.39 Å². The highest BCUT2D eigenvalue weighted by molar-refractivity contribution is 6.02. The number of aliphatic hydroxyl groups is 1. The Hall–Kier alpha value is -2.73. The number of nitrogens with zero attached hydrogens (tertiary/aromatic N) is 1. The summed E-state index contributed by atoms with van der Waals surface area (Å²) >= 11 is 0. The first-order chi connectivity index (χ1) is 10.3. The molecule has 0 bridgehead atoms. The first-order valence-corrected chi connectivity index (χ1v) is 6.62. The van der Waals surface area contributed by atoms with Gasteiger partial charge in [-0.1, -0.05) is 18.2 Å². The van der Waals surface area contributed by atoms with Crippen molar-refractivity contribution in [2.45, 2.75) is 12.5 Å². The lowest BCUT2D eigenvalue weighted by atomic mass is 9.93. The molecule has 22 heavy (non-hydrogen) atoms. The van der Waals surface area contributed by atoms with Gasteiger partial charge in [0.1, 0.15) is 11.4 Å². The summed E-state index contributed by atoms with van der Waals surface area (Å²) in [5, 5.41) is 10.7. The van der Waals surface area contributed by atoms with Crippen LogP contribution in [0.1, 0.15) is 28.4 Å². The summed E-state index contributed by atoms with van der Waals surface area (Å²) in [6.07, 6.45) is 0. The summed E-state index contributed by atoms with van der Waals surface area (Å²) in [7, 11) is 0. The molecular formula is C16H14FN3O2. The molecule has 0 aromatic heterocycles. The maximum absolute atomic E-state index is 14.1. The number of carbonyl (C=O) groups excluding carboxylic acids is 1. The van der Waals surface area contributed by atoms with E-state index in [-0.39, 0.29) is 11.5 Å². The molecule has 3 rings (SSSR count). The van der Waals surface area contributed by atoms with Crippen molar-refractivity contribution in [1.82, 2.24) is 0 Å². The van der Waals surface area contributed by atoms with Crippen LogP contribution in [0.25, 0.3) is 11.1 Å². The normalized spacial score (nSPS) is 18.5. The minimum Gasteiger partial charge on any atom is -0.381 e. The van der Waals surface area contributed by atoms with Gasteiger partial charge in [0, 0.05) is 11.1 Å². The summed E-state index contributed by atoms with van der Waals surface area (Å²) < 4.78 is 14.1. The number of rotatable bonds is 1. The average molecular weight is 299 g/mol. The molecule has 0 unspecified atom stereocenters. The molecular weight excluding hydrogens is 285 g/mol. The van der Waals surface area contributed by atoms with Crippen molar-refractivity contribution < 1.29 is 14.3 Å². The second-order valence-electron chi connectivity index (χ2n) is 5.34. The molecule has 0 heterocycles. The Balaban J connectivity index is 2.20. The highest BCUT2D eigenvalue weighted by Gasteiger charge is 2.39. The fraction of sp³-hybridized carbons (Fsp3) is 0.125. The third kappa shape index (κ3) is 1.96. The molecule has 0 aliphatic heterocycles. The van der Waals surface area contributed by atoms with Crippen molar-refractivity contribution >= 4 is 11.9 Å². The highest BCUT2D eigenvalue weighted by atomic mass is 19.1. The zero-order chi connectivity index (χ0) is 16.1. The minimum absolute atomic E-state index is 0.223. The maximum Gasteiger partial charge on any atom is 0.280 e. The van der Waals surface area contributed by atoms with E-state index in [0.29, 0.717) is 22.3 Å². The number of hydrogen-bond acceptors (Lipinski definition) is 2. The van der Waals surface area contributed by atoms with E-state index in [4.69, 9.17) is 11.5 Å². The Morgan fingerprint density at radius 1 is 1.23 bits per heavy atom. The van der Waals surface area contributed by atoms with Gasteiger partial charge in [0.25, 0.3) is 5.91 Å². The zero-order valence-electron chi connectivity index (χ0n) is 11.8. The van der Waals surface area contributed by atoms with E-state index in [1.165, 1.54) is 18.2 Å². The number of nitrogens with two attached hydrogens (primary N) is 2. The number of carbonyl (C=O) groups is 1. The molecule has 6 heteroatoms. The molecule has 5 N–H and O–H groups in total. The van der Waals surface area contributed by atoms with Crippen molar-refractivity contribution in [3.63, 3.8) is 0 Å². The van der Waals surface area contributed by atoms with Crippen molar-refractivity contribution in [2.24, 2.45) is 16.5 Å².